The Kier molecular flexibility index (Phi) is 3.34. The van der Waals surface area contributed by atoms with E-state index in [1.54, 1.807) is 16.8 Å². The molecule has 0 saturated carbocycles. The number of nitrogens with zero attached hydrogens (tertiary/aromatic N) is 2. The molecule has 20 heavy (non-hydrogen) atoms. The van der Waals surface area contributed by atoms with Crippen LogP contribution in [0.3, 0.4) is 0 Å². The van der Waals surface area contributed by atoms with Gasteiger partial charge in [-0.3, -0.25) is 10.3 Å². The predicted octanol–water partition coefficient (Wildman–Crippen LogP) is 1.76. The molecule has 2 aliphatic heterocycles. The molecule has 0 aliphatic carbocycles. The lowest BCUT2D eigenvalue weighted by molar-refractivity contribution is 0.178. The largest absolute Gasteiger partial charge is 0.412 e. The van der Waals surface area contributed by atoms with Crippen LogP contribution in [0.5, 0.6) is 0 Å². The highest BCUT2D eigenvalue weighted by Gasteiger charge is 2.53. The van der Waals surface area contributed by atoms with Crippen LogP contribution in [0.25, 0.3) is 0 Å². The van der Waals surface area contributed by atoms with Crippen LogP contribution in [0.4, 0.5) is 4.79 Å². The van der Waals surface area contributed by atoms with Gasteiger partial charge in [-0.2, -0.15) is 0 Å². The second-order valence-corrected chi connectivity index (χ2v) is 5.68. The van der Waals surface area contributed by atoms with E-state index in [9.17, 15) is 4.79 Å². The number of rotatable bonds is 0. The van der Waals surface area contributed by atoms with Crippen LogP contribution in [0.15, 0.2) is 24.3 Å². The maximum Gasteiger partial charge on any atom is 0.326 e. The van der Waals surface area contributed by atoms with Gasteiger partial charge >= 0.3 is 6.03 Å². The van der Waals surface area contributed by atoms with Crippen LogP contribution < -0.4 is 0 Å². The number of carbonyl (C=O) groups excluding carboxylic acids is 1. The molecule has 1 fully saturated rings. The molecule has 1 aromatic carbocycles. The fourth-order valence-corrected chi connectivity index (χ4v) is 3.27. The number of benzene rings is 1. The third-order valence-electron chi connectivity index (χ3n) is 4.68. The van der Waals surface area contributed by atoms with Crippen LogP contribution in [0.2, 0.25) is 0 Å². The molecule has 5 heteroatoms. The second-order valence-electron chi connectivity index (χ2n) is 5.68. The summed E-state index contributed by atoms with van der Waals surface area (Å²) in [5.41, 5.74) is 1.70. The number of likely N-dealkylation sites (N-methyl/N-ethyl adjacent to an activating group) is 1. The van der Waals surface area contributed by atoms with Gasteiger partial charge in [0.25, 0.3) is 0 Å². The summed E-state index contributed by atoms with van der Waals surface area (Å²) in [5, 5.41) is 8.48. The first kappa shape index (κ1) is 14.5. The molecule has 1 saturated heterocycles. The molecule has 0 spiro atoms. The van der Waals surface area contributed by atoms with Crippen molar-refractivity contribution in [1.29, 1.82) is 5.41 Å². The Morgan fingerprint density at radius 1 is 1.35 bits per heavy atom. The van der Waals surface area contributed by atoms with Crippen molar-refractivity contribution in [3.63, 3.8) is 0 Å². The summed E-state index contributed by atoms with van der Waals surface area (Å²) in [6.45, 7) is 4.00. The molecule has 3 rings (SSSR count). The Morgan fingerprint density at radius 3 is 2.70 bits per heavy atom. The summed E-state index contributed by atoms with van der Waals surface area (Å²) in [4.78, 5) is 15.8. The van der Waals surface area contributed by atoms with Gasteiger partial charge in [0, 0.05) is 13.1 Å². The van der Waals surface area contributed by atoms with Crippen molar-refractivity contribution >= 4 is 11.9 Å². The Bertz CT molecular complexity index is 572. The molecule has 5 nitrogen and oxygen atoms in total. The Labute approximate surface area is 119 Å². The third-order valence-corrected chi connectivity index (χ3v) is 4.68. The molecule has 2 heterocycles. The molecule has 0 unspecified atom stereocenters. The summed E-state index contributed by atoms with van der Waals surface area (Å²) in [6, 6.07) is 8.21. The maximum absolute atomic E-state index is 12.4. The fourth-order valence-electron chi connectivity index (χ4n) is 3.27. The molecule has 0 radical (unpaired) electrons. The summed E-state index contributed by atoms with van der Waals surface area (Å²) in [7, 11) is 1.80. The van der Waals surface area contributed by atoms with Gasteiger partial charge in [-0.1, -0.05) is 24.3 Å². The normalized spacial score (nSPS) is 28.6. The van der Waals surface area contributed by atoms with Crippen molar-refractivity contribution in [2.75, 3.05) is 7.05 Å². The molecule has 2 aliphatic rings. The zero-order chi connectivity index (χ0) is 13.8. The van der Waals surface area contributed by atoms with E-state index in [2.05, 4.69) is 6.07 Å². The Morgan fingerprint density at radius 2 is 2.00 bits per heavy atom. The van der Waals surface area contributed by atoms with Gasteiger partial charge in [-0.05, 0) is 37.8 Å². The second kappa shape index (κ2) is 4.59. The van der Waals surface area contributed by atoms with Gasteiger partial charge in [0.15, 0.2) is 0 Å². The minimum Gasteiger partial charge on any atom is -0.412 e. The molecular weight excluding hydrogens is 254 g/mol. The first-order valence-corrected chi connectivity index (χ1v) is 6.72. The van der Waals surface area contributed by atoms with E-state index in [1.807, 2.05) is 32.0 Å². The molecule has 3 N–H and O–H groups in total. The Balaban J connectivity index is 0.00000147. The van der Waals surface area contributed by atoms with E-state index in [0.717, 1.165) is 18.4 Å². The third kappa shape index (κ3) is 1.59. The van der Waals surface area contributed by atoms with E-state index in [1.165, 1.54) is 5.56 Å². The molecule has 1 aromatic rings. The van der Waals surface area contributed by atoms with Gasteiger partial charge < -0.3 is 10.4 Å². The predicted molar refractivity (Wildman–Crippen MR) is 77.9 cm³/mol. The zero-order valence-electron chi connectivity index (χ0n) is 12.1. The van der Waals surface area contributed by atoms with Crippen LogP contribution >= 0.6 is 0 Å². The number of fused-ring (bicyclic) bond motifs is 4. The highest BCUT2D eigenvalue weighted by Crippen LogP contribution is 2.41. The maximum atomic E-state index is 12.4. The monoisotopic (exact) mass is 275 g/mol. The van der Waals surface area contributed by atoms with Gasteiger partial charge in [0.05, 0.1) is 0 Å². The van der Waals surface area contributed by atoms with Crippen LogP contribution in [0.1, 0.15) is 31.4 Å². The highest BCUT2D eigenvalue weighted by molar-refractivity contribution is 6.09. The van der Waals surface area contributed by atoms with Gasteiger partial charge in [0.1, 0.15) is 11.4 Å². The number of amides is 2. The van der Waals surface area contributed by atoms with E-state index in [4.69, 9.17) is 5.41 Å². The topological polar surface area (TPSA) is 78.9 Å². The zero-order valence-corrected chi connectivity index (χ0v) is 12.1. The van der Waals surface area contributed by atoms with Crippen molar-refractivity contribution < 1.29 is 10.3 Å². The lowest BCUT2D eigenvalue weighted by atomic mass is 9.83. The number of nitrogens with one attached hydrogen (secondary N) is 1. The van der Waals surface area contributed by atoms with Crippen LogP contribution in [0, 0.1) is 5.41 Å². The first-order valence-electron chi connectivity index (χ1n) is 6.72. The summed E-state index contributed by atoms with van der Waals surface area (Å²) in [6.07, 6.45) is 1.85. The summed E-state index contributed by atoms with van der Waals surface area (Å²) in [5.74, 6) is 0.402. The molecular formula is C15H21N3O2. The van der Waals surface area contributed by atoms with E-state index < -0.39 is 5.54 Å². The van der Waals surface area contributed by atoms with Crippen LogP contribution in [-0.2, 0) is 12.0 Å². The average Bonchev–Trinajstić information content (AvgIpc) is 2.59. The highest BCUT2D eigenvalue weighted by atomic mass is 16.2. The van der Waals surface area contributed by atoms with Gasteiger partial charge in [-0.15, -0.1) is 0 Å². The van der Waals surface area contributed by atoms with Gasteiger partial charge in [-0.25, -0.2) is 4.79 Å². The van der Waals surface area contributed by atoms with E-state index >= 15 is 0 Å². The summed E-state index contributed by atoms with van der Waals surface area (Å²) < 4.78 is 0. The van der Waals surface area contributed by atoms with Crippen molar-refractivity contribution in [1.82, 2.24) is 9.80 Å². The number of hydrogen-bond donors (Lipinski definition) is 1. The van der Waals surface area contributed by atoms with Crippen LogP contribution in [-0.4, -0.2) is 40.2 Å². The number of urea groups is 1. The minimum absolute atomic E-state index is 0. The van der Waals surface area contributed by atoms with E-state index in [0.29, 0.717) is 5.84 Å². The fraction of sp³-hybridized carbons (Fsp3) is 0.467. The smallest absolute Gasteiger partial charge is 0.326 e. The minimum atomic E-state index is -0.637. The van der Waals surface area contributed by atoms with Crippen molar-refractivity contribution in [3.8, 4) is 0 Å². The quantitative estimate of drug-likeness (QED) is 0.769. The van der Waals surface area contributed by atoms with Crippen molar-refractivity contribution in [2.24, 2.45) is 0 Å². The lowest BCUT2D eigenvalue weighted by Gasteiger charge is -2.34. The van der Waals surface area contributed by atoms with E-state index in [-0.39, 0.29) is 17.5 Å². The molecule has 2 bridgehead atoms. The average molecular weight is 275 g/mol. The van der Waals surface area contributed by atoms with Crippen molar-refractivity contribution in [3.05, 3.63) is 35.4 Å². The van der Waals surface area contributed by atoms with Crippen molar-refractivity contribution in [2.45, 2.75) is 38.3 Å². The SMILES string of the molecule is C[C@@H]1CCc2ccccc2[C@@]2(C)C(=N)N1C(=O)N2C.O. The molecule has 108 valence electrons. The molecule has 2 atom stereocenters. The number of carbonyl (C=O) groups is 1. The number of amidine groups is 1. The van der Waals surface area contributed by atoms with Gasteiger partial charge in [0.2, 0.25) is 0 Å². The first-order chi connectivity index (χ1) is 8.98. The number of aryl methyl sites for hydroxylation is 1. The molecule has 0 aromatic heterocycles. The molecule has 2 amide bonds. The summed E-state index contributed by atoms with van der Waals surface area (Å²) >= 11 is 0. The lowest BCUT2D eigenvalue weighted by Crippen LogP contribution is -2.44. The standard InChI is InChI=1S/C15H19N3O.H2O/c1-10-8-9-11-6-4-5-7-12(11)15(2)13(16)18(10)14(19)17(15)3;/h4-7,10,16H,8-9H2,1-3H3;1H2/t10-,15+;/m1./s1. The number of hydrogen-bond acceptors (Lipinski definition) is 2. The Hall–Kier alpha value is -1.88.